The summed E-state index contributed by atoms with van der Waals surface area (Å²) in [6, 6.07) is 60.0. The summed E-state index contributed by atoms with van der Waals surface area (Å²) in [6.07, 6.45) is 7.81. The van der Waals surface area contributed by atoms with Gasteiger partial charge in [-0.25, -0.2) is 15.0 Å². The number of pyridine rings is 4. The molecule has 0 aliphatic carbocycles. The first-order chi connectivity index (χ1) is 29.8. The molecule has 0 fully saturated rings. The third-order valence-electron chi connectivity index (χ3n) is 12.4. The molecule has 0 atom stereocenters. The molecular formula is C50H32B2N8. The Labute approximate surface area is 347 Å². The smallest absolute Gasteiger partial charge is 0.258 e. The zero-order chi connectivity index (χ0) is 39.3. The average Bonchev–Trinajstić information content (AvgIpc) is 3.32. The average molecular weight is 766 g/mol. The van der Waals surface area contributed by atoms with Gasteiger partial charge >= 0.3 is 0 Å². The van der Waals surface area contributed by atoms with Gasteiger partial charge in [-0.05, 0) is 106 Å². The van der Waals surface area contributed by atoms with Gasteiger partial charge in [0.2, 0.25) is 0 Å². The minimum Gasteiger partial charge on any atom is -0.311 e. The van der Waals surface area contributed by atoms with Crippen LogP contribution in [0.25, 0.3) is 0 Å². The highest BCUT2D eigenvalue weighted by molar-refractivity contribution is 7.03. The van der Waals surface area contributed by atoms with E-state index in [1.165, 1.54) is 5.46 Å². The molecule has 13 rings (SSSR count). The molecule has 8 heterocycles. The minimum atomic E-state index is -0.195. The Kier molecular flexibility index (Phi) is 7.03. The van der Waals surface area contributed by atoms with E-state index in [9.17, 15) is 0 Å². The highest BCUT2D eigenvalue weighted by Gasteiger charge is 2.49. The van der Waals surface area contributed by atoms with Gasteiger partial charge in [-0.15, -0.1) is 0 Å². The van der Waals surface area contributed by atoms with Crippen LogP contribution < -0.4 is 52.4 Å². The molecule has 0 amide bonds. The number of nitrogens with zero attached hydrogens (tertiary/aromatic N) is 8. The number of hydrogen-bond acceptors (Lipinski definition) is 8. The van der Waals surface area contributed by atoms with E-state index in [-0.39, 0.29) is 13.4 Å². The molecule has 4 aromatic heterocycles. The summed E-state index contributed by atoms with van der Waals surface area (Å²) in [5, 5.41) is 0. The molecule has 10 heteroatoms. The van der Waals surface area contributed by atoms with E-state index in [1.54, 1.807) is 0 Å². The van der Waals surface area contributed by atoms with Crippen LogP contribution in [0.2, 0.25) is 0 Å². The van der Waals surface area contributed by atoms with E-state index in [2.05, 4.69) is 189 Å². The highest BCUT2D eigenvalue weighted by Crippen LogP contribution is 2.46. The quantitative estimate of drug-likeness (QED) is 0.172. The third-order valence-corrected chi connectivity index (χ3v) is 12.4. The standard InChI is InChI=1S/C50H32B2N8/c1-5-15-33(16-6-1)57-42-25-28-53-32-40(42)52-39-31-38-47(56-48(39)60(36-21-11-4-12-22-36)50-45(52)43(57)26-29-55-50)59(35-19-9-3-10-20-35)44-27-30-54-49-46(44)51(38)37-23-13-14-24-41(37)58(49)34-17-7-2-8-18-34/h1-32H. The number of anilines is 12. The lowest BCUT2D eigenvalue weighted by molar-refractivity contribution is 1.10. The van der Waals surface area contributed by atoms with E-state index in [0.717, 1.165) is 96.1 Å². The first-order valence-electron chi connectivity index (χ1n) is 20.3. The van der Waals surface area contributed by atoms with Gasteiger partial charge < -0.3 is 4.90 Å². The molecule has 60 heavy (non-hydrogen) atoms. The Morgan fingerprint density at radius 1 is 0.333 bits per heavy atom. The maximum Gasteiger partial charge on any atom is 0.258 e. The summed E-state index contributed by atoms with van der Waals surface area (Å²) < 4.78 is 0. The van der Waals surface area contributed by atoms with Crippen LogP contribution >= 0.6 is 0 Å². The lowest BCUT2D eigenvalue weighted by atomic mass is 9.31. The molecular weight excluding hydrogens is 734 g/mol. The summed E-state index contributed by atoms with van der Waals surface area (Å²) in [6.45, 7) is -0.343. The fourth-order valence-corrected chi connectivity index (χ4v) is 10.0. The SMILES string of the molecule is c1ccc(N2c3ccncc3B3c4cc5c(nc4N(c4ccccc4)c4nccc2c43)N(c2ccccc2)c2ccnc3c2B5c2ccccc2N3c2ccccc2)cc1. The topological polar surface area (TPSA) is 64.5 Å². The van der Waals surface area contributed by atoms with Crippen molar-refractivity contribution in [1.82, 2.24) is 19.9 Å². The van der Waals surface area contributed by atoms with Gasteiger partial charge in [-0.2, -0.15) is 0 Å². The first-order valence-corrected chi connectivity index (χ1v) is 20.3. The van der Waals surface area contributed by atoms with E-state index < -0.39 is 0 Å². The summed E-state index contributed by atoms with van der Waals surface area (Å²) in [4.78, 5) is 30.4. The molecule has 9 aromatic rings. The molecule has 0 N–H and O–H groups in total. The van der Waals surface area contributed by atoms with E-state index in [4.69, 9.17) is 19.9 Å². The molecule has 4 aliphatic rings. The van der Waals surface area contributed by atoms with Crippen molar-refractivity contribution in [2.24, 2.45) is 0 Å². The number of para-hydroxylation sites is 5. The van der Waals surface area contributed by atoms with Crippen LogP contribution in [-0.4, -0.2) is 33.4 Å². The van der Waals surface area contributed by atoms with Crippen LogP contribution in [0.15, 0.2) is 195 Å². The number of rotatable bonds is 4. The Balaban J connectivity index is 1.14. The highest BCUT2D eigenvalue weighted by atomic mass is 15.3. The van der Waals surface area contributed by atoms with Crippen molar-refractivity contribution in [2.75, 3.05) is 19.6 Å². The van der Waals surface area contributed by atoms with Crippen LogP contribution in [-0.2, 0) is 0 Å². The monoisotopic (exact) mass is 766 g/mol. The van der Waals surface area contributed by atoms with Crippen LogP contribution in [0, 0.1) is 0 Å². The van der Waals surface area contributed by atoms with Gasteiger partial charge in [0.05, 0.1) is 0 Å². The van der Waals surface area contributed by atoms with Gasteiger partial charge in [-0.3, -0.25) is 19.7 Å². The van der Waals surface area contributed by atoms with Crippen molar-refractivity contribution in [2.45, 2.75) is 0 Å². The molecule has 0 spiro atoms. The summed E-state index contributed by atoms with van der Waals surface area (Å²) in [7, 11) is 0. The molecule has 278 valence electrons. The van der Waals surface area contributed by atoms with Gasteiger partial charge in [0, 0.05) is 70.3 Å². The Morgan fingerprint density at radius 3 is 1.38 bits per heavy atom. The van der Waals surface area contributed by atoms with Crippen molar-refractivity contribution in [3.8, 4) is 0 Å². The second-order valence-corrected chi connectivity index (χ2v) is 15.5. The maximum atomic E-state index is 5.92. The number of fused-ring (bicyclic) bond motifs is 8. The molecule has 0 saturated carbocycles. The molecule has 0 bridgehead atoms. The summed E-state index contributed by atoms with van der Waals surface area (Å²) >= 11 is 0. The van der Waals surface area contributed by atoms with Crippen LogP contribution in [0.5, 0.6) is 0 Å². The Morgan fingerprint density at radius 2 is 0.767 bits per heavy atom. The third kappa shape index (κ3) is 4.58. The fraction of sp³-hybridized carbons (Fsp3) is 0. The zero-order valence-electron chi connectivity index (χ0n) is 32.2. The molecule has 8 nitrogen and oxygen atoms in total. The van der Waals surface area contributed by atoms with Crippen molar-refractivity contribution < 1.29 is 0 Å². The van der Waals surface area contributed by atoms with E-state index in [0.29, 0.717) is 0 Å². The maximum absolute atomic E-state index is 5.92. The fourth-order valence-electron chi connectivity index (χ4n) is 10.0. The van der Waals surface area contributed by atoms with Crippen molar-refractivity contribution in [3.63, 3.8) is 0 Å². The number of hydrogen-bond donors (Lipinski definition) is 0. The Hall–Kier alpha value is -7.97. The largest absolute Gasteiger partial charge is 0.311 e. The predicted molar refractivity (Wildman–Crippen MR) is 246 cm³/mol. The van der Waals surface area contributed by atoms with Gasteiger partial charge in [-0.1, -0.05) is 97.1 Å². The molecule has 5 aromatic carbocycles. The Bertz CT molecular complexity index is 2940. The van der Waals surface area contributed by atoms with Crippen LogP contribution in [0.4, 0.5) is 68.8 Å². The van der Waals surface area contributed by atoms with Crippen molar-refractivity contribution in [1.29, 1.82) is 0 Å². The van der Waals surface area contributed by atoms with Crippen LogP contribution in [0.1, 0.15) is 0 Å². The second kappa shape index (κ2) is 12.8. The lowest BCUT2D eigenvalue weighted by Gasteiger charge is -2.45. The van der Waals surface area contributed by atoms with E-state index in [1.807, 2.05) is 24.8 Å². The normalized spacial score (nSPS) is 13.8. The van der Waals surface area contributed by atoms with Gasteiger partial charge in [0.15, 0.2) is 0 Å². The molecule has 4 aliphatic heterocycles. The first kappa shape index (κ1) is 33.0. The minimum absolute atomic E-state index is 0.148. The molecule has 0 radical (unpaired) electrons. The molecule has 0 saturated heterocycles. The lowest BCUT2D eigenvalue weighted by Crippen LogP contribution is -2.66. The van der Waals surface area contributed by atoms with E-state index >= 15 is 0 Å². The number of benzene rings is 5. The van der Waals surface area contributed by atoms with Gasteiger partial charge in [0.1, 0.15) is 23.3 Å². The summed E-state index contributed by atoms with van der Waals surface area (Å²) in [5.74, 6) is 3.50. The zero-order valence-corrected chi connectivity index (χ0v) is 32.2. The predicted octanol–water partition coefficient (Wildman–Crippen LogP) is 7.43. The van der Waals surface area contributed by atoms with Gasteiger partial charge in [0.25, 0.3) is 13.4 Å². The van der Waals surface area contributed by atoms with Crippen LogP contribution in [0.3, 0.4) is 0 Å². The summed E-state index contributed by atoms with van der Waals surface area (Å²) in [5.41, 5.74) is 15.3. The number of aromatic nitrogens is 4. The van der Waals surface area contributed by atoms with Crippen molar-refractivity contribution >= 4 is 115 Å². The second-order valence-electron chi connectivity index (χ2n) is 15.5. The van der Waals surface area contributed by atoms with Crippen molar-refractivity contribution in [3.05, 3.63) is 195 Å². The molecule has 0 unspecified atom stereocenters.